The summed E-state index contributed by atoms with van der Waals surface area (Å²) in [5.74, 6) is -2.70. The molecule has 0 aliphatic carbocycles. The number of hydrogen-bond acceptors (Lipinski definition) is 5. The molecule has 0 radical (unpaired) electrons. The number of carbonyl (C=O) groups is 2. The van der Waals surface area contributed by atoms with E-state index in [2.05, 4.69) is 9.71 Å². The average Bonchev–Trinajstić information content (AvgIpc) is 3.12. The lowest BCUT2D eigenvalue weighted by molar-refractivity contribution is -0.141. The highest BCUT2D eigenvalue weighted by Crippen LogP contribution is 2.38. The van der Waals surface area contributed by atoms with Crippen molar-refractivity contribution in [2.24, 2.45) is 4.99 Å². The van der Waals surface area contributed by atoms with Crippen LogP contribution in [0, 0.1) is 0 Å². The van der Waals surface area contributed by atoms with E-state index in [1.807, 2.05) is 0 Å². The molecule has 11 heteroatoms. The number of halogens is 2. The SMILES string of the molecule is O=C(O)C=CC1=c2cc(Cl)c(Cl)cc2=NC1(C(=O)O)c1cccc(NS(=O)(=O)c2ccccc2)c1. The topological polar surface area (TPSA) is 133 Å². The maximum Gasteiger partial charge on any atom is 0.341 e. The summed E-state index contributed by atoms with van der Waals surface area (Å²) >= 11 is 12.2. The highest BCUT2D eigenvalue weighted by molar-refractivity contribution is 7.92. The Morgan fingerprint density at radius 2 is 1.63 bits per heavy atom. The summed E-state index contributed by atoms with van der Waals surface area (Å²) in [6, 6.07) is 16.2. The van der Waals surface area contributed by atoms with Gasteiger partial charge in [-0.2, -0.15) is 0 Å². The van der Waals surface area contributed by atoms with Crippen LogP contribution in [-0.4, -0.2) is 30.6 Å². The number of fused-ring (bicyclic) bond motifs is 1. The van der Waals surface area contributed by atoms with Crippen molar-refractivity contribution in [3.8, 4) is 0 Å². The molecule has 0 fully saturated rings. The second-order valence-corrected chi connectivity index (χ2v) is 9.99. The third-order valence-electron chi connectivity index (χ3n) is 5.29. The second kappa shape index (κ2) is 9.18. The second-order valence-electron chi connectivity index (χ2n) is 7.50. The van der Waals surface area contributed by atoms with Gasteiger partial charge in [0.2, 0.25) is 5.54 Å². The monoisotopic (exact) mass is 530 g/mol. The van der Waals surface area contributed by atoms with Gasteiger partial charge in [-0.05, 0) is 48.0 Å². The first-order valence-corrected chi connectivity index (χ1v) is 12.2. The molecule has 0 spiro atoms. The maximum absolute atomic E-state index is 12.8. The molecule has 4 rings (SSSR count). The van der Waals surface area contributed by atoms with Gasteiger partial charge in [0.1, 0.15) is 0 Å². The highest BCUT2D eigenvalue weighted by atomic mass is 35.5. The third-order valence-corrected chi connectivity index (χ3v) is 7.41. The van der Waals surface area contributed by atoms with Crippen LogP contribution in [0.5, 0.6) is 0 Å². The Morgan fingerprint density at radius 1 is 0.943 bits per heavy atom. The van der Waals surface area contributed by atoms with Crippen LogP contribution in [0.25, 0.3) is 5.57 Å². The predicted molar refractivity (Wildman–Crippen MR) is 130 cm³/mol. The minimum absolute atomic E-state index is 0.0252. The van der Waals surface area contributed by atoms with Gasteiger partial charge in [-0.15, -0.1) is 0 Å². The molecule has 1 aliphatic rings. The molecule has 178 valence electrons. The van der Waals surface area contributed by atoms with E-state index in [-0.39, 0.29) is 42.3 Å². The van der Waals surface area contributed by atoms with Crippen molar-refractivity contribution >= 4 is 56.4 Å². The van der Waals surface area contributed by atoms with Crippen molar-refractivity contribution in [3.63, 3.8) is 0 Å². The number of nitrogens with zero attached hydrogens (tertiary/aromatic N) is 1. The van der Waals surface area contributed by atoms with Crippen LogP contribution in [0.2, 0.25) is 10.0 Å². The number of nitrogens with one attached hydrogen (secondary N) is 1. The highest BCUT2D eigenvalue weighted by Gasteiger charge is 2.46. The first-order valence-electron chi connectivity index (χ1n) is 9.97. The molecule has 1 unspecified atom stereocenters. The number of rotatable bonds is 7. The molecule has 0 bridgehead atoms. The van der Waals surface area contributed by atoms with Gasteiger partial charge in [-0.3, -0.25) is 9.71 Å². The Morgan fingerprint density at radius 3 is 2.29 bits per heavy atom. The van der Waals surface area contributed by atoms with Gasteiger partial charge in [0.05, 0.1) is 20.3 Å². The summed E-state index contributed by atoms with van der Waals surface area (Å²) in [6.45, 7) is 0. The van der Waals surface area contributed by atoms with Crippen molar-refractivity contribution in [3.05, 3.63) is 105 Å². The van der Waals surface area contributed by atoms with Gasteiger partial charge in [0.15, 0.2) is 0 Å². The van der Waals surface area contributed by atoms with Gasteiger partial charge in [0.25, 0.3) is 10.0 Å². The van der Waals surface area contributed by atoms with Crippen LogP contribution in [0.4, 0.5) is 5.69 Å². The summed E-state index contributed by atoms with van der Waals surface area (Å²) in [7, 11) is -3.95. The summed E-state index contributed by atoms with van der Waals surface area (Å²) in [5, 5.41) is 20.3. The average molecular weight is 531 g/mol. The Bertz CT molecular complexity index is 1620. The molecule has 8 nitrogen and oxygen atoms in total. The molecule has 0 saturated carbocycles. The minimum atomic E-state index is -3.95. The van der Waals surface area contributed by atoms with Gasteiger partial charge in [0, 0.05) is 22.6 Å². The minimum Gasteiger partial charge on any atom is -0.479 e. The Labute approximate surface area is 209 Å². The van der Waals surface area contributed by atoms with Crippen molar-refractivity contribution in [1.82, 2.24) is 0 Å². The van der Waals surface area contributed by atoms with E-state index in [1.54, 1.807) is 18.2 Å². The van der Waals surface area contributed by atoms with Crippen molar-refractivity contribution in [1.29, 1.82) is 0 Å². The quantitative estimate of drug-likeness (QED) is 0.401. The van der Waals surface area contributed by atoms with E-state index in [4.69, 9.17) is 23.2 Å². The Hall–Kier alpha value is -3.66. The van der Waals surface area contributed by atoms with Crippen LogP contribution in [-0.2, 0) is 25.2 Å². The number of aliphatic carboxylic acids is 2. The van der Waals surface area contributed by atoms with Crippen molar-refractivity contribution in [2.75, 3.05) is 4.72 Å². The molecule has 1 aliphatic heterocycles. The van der Waals surface area contributed by atoms with E-state index in [1.165, 1.54) is 48.5 Å². The van der Waals surface area contributed by atoms with Crippen LogP contribution >= 0.6 is 23.2 Å². The number of carboxylic acid groups (broad SMARTS) is 2. The summed E-state index contributed by atoms with van der Waals surface area (Å²) < 4.78 is 28.0. The third kappa shape index (κ3) is 4.53. The fourth-order valence-electron chi connectivity index (χ4n) is 3.77. The number of hydrogen-bond donors (Lipinski definition) is 3. The molecule has 3 aromatic rings. The van der Waals surface area contributed by atoms with E-state index in [0.717, 1.165) is 12.2 Å². The van der Waals surface area contributed by atoms with E-state index >= 15 is 0 Å². The zero-order valence-electron chi connectivity index (χ0n) is 17.6. The molecule has 35 heavy (non-hydrogen) atoms. The lowest BCUT2D eigenvalue weighted by atomic mass is 9.83. The normalized spacial score (nSPS) is 17.1. The van der Waals surface area contributed by atoms with E-state index in [0.29, 0.717) is 0 Å². The van der Waals surface area contributed by atoms with Crippen molar-refractivity contribution < 1.29 is 28.2 Å². The number of sulfonamides is 1. The lowest BCUT2D eigenvalue weighted by Gasteiger charge is -2.25. The molecule has 0 aromatic heterocycles. The lowest BCUT2D eigenvalue weighted by Crippen LogP contribution is -2.34. The predicted octanol–water partition coefficient (Wildman–Crippen LogP) is 3.20. The maximum atomic E-state index is 12.8. The number of benzene rings is 3. The van der Waals surface area contributed by atoms with Crippen LogP contribution in [0.15, 0.2) is 88.8 Å². The summed E-state index contributed by atoms with van der Waals surface area (Å²) in [6.07, 6.45) is 1.93. The van der Waals surface area contributed by atoms with Crippen LogP contribution < -0.4 is 15.3 Å². The fraction of sp³-hybridized carbons (Fsp3) is 0.0417. The zero-order chi connectivity index (χ0) is 25.4. The van der Waals surface area contributed by atoms with Gasteiger partial charge >= 0.3 is 11.9 Å². The molecule has 0 saturated heterocycles. The molecule has 3 N–H and O–H groups in total. The van der Waals surface area contributed by atoms with Crippen LogP contribution in [0.3, 0.4) is 0 Å². The van der Waals surface area contributed by atoms with Gasteiger partial charge in [-0.1, -0.05) is 53.5 Å². The van der Waals surface area contributed by atoms with Crippen molar-refractivity contribution in [2.45, 2.75) is 10.4 Å². The first-order chi connectivity index (χ1) is 16.5. The Kier molecular flexibility index (Phi) is 6.42. The largest absolute Gasteiger partial charge is 0.479 e. The molecule has 1 atom stereocenters. The number of anilines is 1. The summed E-state index contributed by atoms with van der Waals surface area (Å²) in [4.78, 5) is 28.4. The summed E-state index contributed by atoms with van der Waals surface area (Å²) in [5.41, 5.74) is -1.87. The smallest absolute Gasteiger partial charge is 0.341 e. The zero-order valence-corrected chi connectivity index (χ0v) is 20.0. The Balaban J connectivity index is 1.92. The fourth-order valence-corrected chi connectivity index (χ4v) is 5.17. The molecular weight excluding hydrogens is 515 g/mol. The molecule has 3 aromatic carbocycles. The molecule has 1 heterocycles. The molecule has 0 amide bonds. The first kappa shape index (κ1) is 24.5. The van der Waals surface area contributed by atoms with Crippen LogP contribution in [0.1, 0.15) is 5.56 Å². The molecular formula is C24H16Cl2N2O6S. The number of carboxylic acids is 2. The van der Waals surface area contributed by atoms with E-state index in [9.17, 15) is 28.2 Å². The van der Waals surface area contributed by atoms with E-state index < -0.39 is 27.5 Å². The van der Waals surface area contributed by atoms with Gasteiger partial charge in [-0.25, -0.2) is 18.0 Å². The van der Waals surface area contributed by atoms with Gasteiger partial charge < -0.3 is 10.2 Å². The standard InChI is InChI=1S/C24H16Cl2N2O6S/c25-19-12-17-18(9-10-22(29)30)24(23(31)32,27-21(17)13-20(19)26)14-5-4-6-15(11-14)28-35(33,34)16-7-2-1-3-8-16/h1-13,28H,(H,29,30)(H,31,32).